The van der Waals surface area contributed by atoms with Crippen molar-refractivity contribution in [1.82, 2.24) is 14.9 Å². The first-order valence-corrected chi connectivity index (χ1v) is 7.46. The fourth-order valence-corrected chi connectivity index (χ4v) is 2.36. The predicted molar refractivity (Wildman–Crippen MR) is 82.1 cm³/mol. The van der Waals surface area contributed by atoms with E-state index in [4.69, 9.17) is 11.6 Å². The van der Waals surface area contributed by atoms with Gasteiger partial charge in [0.2, 0.25) is 0 Å². The maximum atomic E-state index is 5.99. The minimum Gasteiger partial charge on any atom is -0.357 e. The lowest BCUT2D eigenvalue weighted by Crippen LogP contribution is -2.30. The Morgan fingerprint density at radius 3 is 2.26 bits per heavy atom. The molecule has 1 aromatic heterocycles. The quantitative estimate of drug-likeness (QED) is 0.687. The molecule has 0 aliphatic heterocycles. The van der Waals surface area contributed by atoms with E-state index in [1.165, 1.54) is 0 Å². The van der Waals surface area contributed by atoms with E-state index in [0.29, 0.717) is 5.15 Å². The van der Waals surface area contributed by atoms with Crippen LogP contribution in [0.15, 0.2) is 6.07 Å². The Labute approximate surface area is 121 Å². The van der Waals surface area contributed by atoms with Crippen molar-refractivity contribution in [3.8, 4) is 0 Å². The van der Waals surface area contributed by atoms with Gasteiger partial charge in [-0.05, 0) is 39.9 Å². The highest BCUT2D eigenvalue weighted by Crippen LogP contribution is 2.16. The Hall–Kier alpha value is -0.870. The average molecular weight is 285 g/mol. The summed E-state index contributed by atoms with van der Waals surface area (Å²) in [6, 6.07) is 1.84. The first-order chi connectivity index (χ1) is 9.10. The second kappa shape index (κ2) is 8.33. The van der Waals surface area contributed by atoms with Gasteiger partial charge in [0.25, 0.3) is 0 Å². The van der Waals surface area contributed by atoms with Gasteiger partial charge in [-0.2, -0.15) is 0 Å². The minimum absolute atomic E-state index is 0.518. The monoisotopic (exact) mass is 284 g/mol. The van der Waals surface area contributed by atoms with Crippen molar-refractivity contribution < 1.29 is 0 Å². The van der Waals surface area contributed by atoms with Crippen LogP contribution in [-0.2, 0) is 0 Å². The third-order valence-corrected chi connectivity index (χ3v) is 3.49. The van der Waals surface area contributed by atoms with Gasteiger partial charge in [0, 0.05) is 19.2 Å². The van der Waals surface area contributed by atoms with E-state index in [0.717, 1.165) is 50.8 Å². The zero-order chi connectivity index (χ0) is 14.3. The topological polar surface area (TPSA) is 32.3 Å². The second-order valence-electron chi connectivity index (χ2n) is 4.56. The molecule has 0 saturated carbocycles. The molecule has 108 valence electrons. The third kappa shape index (κ3) is 5.33. The molecule has 0 bridgehead atoms. The van der Waals surface area contributed by atoms with Gasteiger partial charge >= 0.3 is 0 Å². The summed E-state index contributed by atoms with van der Waals surface area (Å²) in [4.78, 5) is 13.3. The normalized spacial score (nSPS) is 11.1. The summed E-state index contributed by atoms with van der Waals surface area (Å²) < 4.78 is 0. The molecule has 1 aromatic rings. The van der Waals surface area contributed by atoms with E-state index < -0.39 is 0 Å². The Kier molecular flexibility index (Phi) is 7.10. The lowest BCUT2D eigenvalue weighted by molar-refractivity contribution is 0.300. The van der Waals surface area contributed by atoms with Crippen molar-refractivity contribution in [1.29, 1.82) is 0 Å². The second-order valence-corrected chi connectivity index (χ2v) is 4.94. The molecule has 0 aromatic carbocycles. The van der Waals surface area contributed by atoms with Crippen molar-refractivity contribution in [3.05, 3.63) is 17.0 Å². The molecule has 1 rings (SSSR count). The Morgan fingerprint density at radius 1 is 1.05 bits per heavy atom. The average Bonchev–Trinajstić information content (AvgIpc) is 2.38. The van der Waals surface area contributed by atoms with Crippen LogP contribution in [0.4, 0.5) is 5.82 Å². The SMILES string of the molecule is CCN(CC)CCCN(CC)c1cc(Cl)nc(C)n1. The molecule has 5 heteroatoms. The molecule has 0 aliphatic carbocycles. The summed E-state index contributed by atoms with van der Waals surface area (Å²) in [6.07, 6.45) is 1.14. The van der Waals surface area contributed by atoms with Crippen LogP contribution in [0.2, 0.25) is 5.15 Å². The molecule has 0 radical (unpaired) electrons. The van der Waals surface area contributed by atoms with Crippen LogP contribution in [0.25, 0.3) is 0 Å². The van der Waals surface area contributed by atoms with E-state index in [1.807, 2.05) is 13.0 Å². The van der Waals surface area contributed by atoms with Gasteiger partial charge in [0.05, 0.1) is 0 Å². The zero-order valence-electron chi connectivity index (χ0n) is 12.5. The molecule has 0 fully saturated rings. The number of halogens is 1. The number of anilines is 1. The highest BCUT2D eigenvalue weighted by Gasteiger charge is 2.09. The summed E-state index contributed by atoms with van der Waals surface area (Å²) in [5, 5.41) is 0.518. The molecule has 0 N–H and O–H groups in total. The van der Waals surface area contributed by atoms with E-state index >= 15 is 0 Å². The maximum absolute atomic E-state index is 5.99. The van der Waals surface area contributed by atoms with E-state index in [2.05, 4.69) is 40.5 Å². The maximum Gasteiger partial charge on any atom is 0.134 e. The number of aromatic nitrogens is 2. The number of hydrogen-bond acceptors (Lipinski definition) is 4. The Morgan fingerprint density at radius 2 is 1.74 bits per heavy atom. The molecule has 0 spiro atoms. The molecular weight excluding hydrogens is 260 g/mol. The van der Waals surface area contributed by atoms with Gasteiger partial charge in [0.1, 0.15) is 16.8 Å². The summed E-state index contributed by atoms with van der Waals surface area (Å²) in [5.41, 5.74) is 0. The predicted octanol–water partition coefficient (Wildman–Crippen LogP) is 3.00. The summed E-state index contributed by atoms with van der Waals surface area (Å²) in [7, 11) is 0. The lowest BCUT2D eigenvalue weighted by Gasteiger charge is -2.24. The lowest BCUT2D eigenvalue weighted by atomic mass is 10.3. The molecule has 4 nitrogen and oxygen atoms in total. The van der Waals surface area contributed by atoms with Gasteiger partial charge < -0.3 is 9.80 Å². The first kappa shape index (κ1) is 16.2. The largest absolute Gasteiger partial charge is 0.357 e. The zero-order valence-corrected chi connectivity index (χ0v) is 13.2. The van der Waals surface area contributed by atoms with Crippen LogP contribution in [-0.4, -0.2) is 47.6 Å². The van der Waals surface area contributed by atoms with Crippen molar-refractivity contribution in [2.45, 2.75) is 34.1 Å². The standard InChI is InChI=1S/C14H25ClN4/c1-5-18(6-2)9-8-10-19(7-3)14-11-13(15)16-12(4)17-14/h11H,5-10H2,1-4H3. The Balaban J connectivity index is 2.58. The molecular formula is C14H25ClN4. The van der Waals surface area contributed by atoms with Gasteiger partial charge in [-0.25, -0.2) is 9.97 Å². The van der Waals surface area contributed by atoms with Gasteiger partial charge in [-0.1, -0.05) is 25.4 Å². The highest BCUT2D eigenvalue weighted by atomic mass is 35.5. The van der Waals surface area contributed by atoms with Crippen LogP contribution >= 0.6 is 11.6 Å². The molecule has 1 heterocycles. The highest BCUT2D eigenvalue weighted by molar-refractivity contribution is 6.29. The van der Waals surface area contributed by atoms with Crippen LogP contribution < -0.4 is 4.90 Å². The summed E-state index contributed by atoms with van der Waals surface area (Å²) in [6.45, 7) is 13.7. The number of nitrogens with zero attached hydrogens (tertiary/aromatic N) is 4. The first-order valence-electron chi connectivity index (χ1n) is 7.09. The molecule has 0 unspecified atom stereocenters. The van der Waals surface area contributed by atoms with E-state index in [-0.39, 0.29) is 0 Å². The summed E-state index contributed by atoms with van der Waals surface area (Å²) in [5.74, 6) is 1.66. The number of hydrogen-bond donors (Lipinski definition) is 0. The van der Waals surface area contributed by atoms with Crippen molar-refractivity contribution in [3.63, 3.8) is 0 Å². The molecule has 0 atom stereocenters. The van der Waals surface area contributed by atoms with Crippen LogP contribution in [0, 0.1) is 6.92 Å². The fourth-order valence-electron chi connectivity index (χ4n) is 2.14. The third-order valence-electron chi connectivity index (χ3n) is 3.30. The van der Waals surface area contributed by atoms with Crippen molar-refractivity contribution in [2.75, 3.05) is 37.6 Å². The molecule has 0 aliphatic rings. The van der Waals surface area contributed by atoms with Crippen LogP contribution in [0.3, 0.4) is 0 Å². The van der Waals surface area contributed by atoms with Gasteiger partial charge in [-0.3, -0.25) is 0 Å². The van der Waals surface area contributed by atoms with Gasteiger partial charge in [-0.15, -0.1) is 0 Å². The molecule has 0 saturated heterocycles. The van der Waals surface area contributed by atoms with E-state index in [9.17, 15) is 0 Å². The smallest absolute Gasteiger partial charge is 0.134 e. The van der Waals surface area contributed by atoms with Crippen LogP contribution in [0.1, 0.15) is 33.0 Å². The van der Waals surface area contributed by atoms with Crippen molar-refractivity contribution >= 4 is 17.4 Å². The Bertz CT molecular complexity index is 359. The number of aryl methyl sites for hydroxylation is 1. The van der Waals surface area contributed by atoms with E-state index in [1.54, 1.807) is 0 Å². The van der Waals surface area contributed by atoms with Crippen LogP contribution in [0.5, 0.6) is 0 Å². The summed E-state index contributed by atoms with van der Waals surface area (Å²) >= 11 is 5.99. The minimum atomic E-state index is 0.518. The van der Waals surface area contributed by atoms with Crippen molar-refractivity contribution in [2.24, 2.45) is 0 Å². The number of rotatable bonds is 8. The van der Waals surface area contributed by atoms with Gasteiger partial charge in [0.15, 0.2) is 0 Å². The molecule has 0 amide bonds. The fraction of sp³-hybridized carbons (Fsp3) is 0.714. The molecule has 19 heavy (non-hydrogen) atoms.